The summed E-state index contributed by atoms with van der Waals surface area (Å²) in [4.78, 5) is 18.7. The fourth-order valence-corrected chi connectivity index (χ4v) is 7.18. The van der Waals surface area contributed by atoms with Gasteiger partial charge in [-0.3, -0.25) is 9.69 Å². The van der Waals surface area contributed by atoms with E-state index in [9.17, 15) is 4.79 Å². The van der Waals surface area contributed by atoms with Gasteiger partial charge in [0.05, 0.1) is 0 Å². The van der Waals surface area contributed by atoms with Crippen LogP contribution < -0.4 is 0 Å². The summed E-state index contributed by atoms with van der Waals surface area (Å²) in [6.45, 7) is 6.96. The number of likely N-dealkylation sites (tertiary alicyclic amines) is 1. The van der Waals surface area contributed by atoms with Crippen LogP contribution in [0.2, 0.25) is 0 Å². The van der Waals surface area contributed by atoms with Crippen molar-refractivity contribution in [1.29, 1.82) is 0 Å². The van der Waals surface area contributed by atoms with E-state index in [4.69, 9.17) is 0 Å². The lowest BCUT2D eigenvalue weighted by atomic mass is 9.59. The van der Waals surface area contributed by atoms with E-state index in [0.717, 1.165) is 50.2 Å². The van der Waals surface area contributed by atoms with Gasteiger partial charge in [-0.05, 0) is 76.8 Å². The molecule has 1 aliphatic carbocycles. The van der Waals surface area contributed by atoms with Gasteiger partial charge in [-0.1, -0.05) is 26.7 Å². The minimum Gasteiger partial charge on any atom is -0.300 e. The normalized spacial score (nSPS) is 40.6. The second kappa shape index (κ2) is 7.20. The largest absolute Gasteiger partial charge is 0.300 e. The molecule has 0 aromatic carbocycles. The first-order valence-electron chi connectivity index (χ1n) is 11.5. The number of ketones is 1. The van der Waals surface area contributed by atoms with Crippen LogP contribution in [0.1, 0.15) is 90.9 Å². The fourth-order valence-electron chi connectivity index (χ4n) is 7.18. The number of piperidine rings is 1. The zero-order chi connectivity index (χ0) is 18.4. The lowest BCUT2D eigenvalue weighted by Crippen LogP contribution is -2.49. The van der Waals surface area contributed by atoms with Gasteiger partial charge in [-0.25, -0.2) is 0 Å². The molecule has 4 rings (SSSR count). The molecule has 3 heteroatoms. The average molecular weight is 361 g/mol. The monoisotopic (exact) mass is 360 g/mol. The molecule has 0 N–H and O–H groups in total. The third kappa shape index (κ3) is 3.17. The van der Waals surface area contributed by atoms with Crippen molar-refractivity contribution in [2.75, 3.05) is 20.1 Å². The topological polar surface area (TPSA) is 23.6 Å². The second-order valence-corrected chi connectivity index (χ2v) is 10.3. The zero-order valence-electron chi connectivity index (χ0n) is 17.4. The maximum atomic E-state index is 13.3. The Morgan fingerprint density at radius 1 is 0.962 bits per heavy atom. The number of carbonyl (C=O) groups is 1. The van der Waals surface area contributed by atoms with Crippen molar-refractivity contribution in [3.8, 4) is 0 Å². The molecular weight excluding hydrogens is 320 g/mol. The van der Waals surface area contributed by atoms with Gasteiger partial charge < -0.3 is 4.90 Å². The van der Waals surface area contributed by atoms with Crippen molar-refractivity contribution in [2.24, 2.45) is 10.8 Å². The van der Waals surface area contributed by atoms with Crippen LogP contribution >= 0.6 is 0 Å². The standard InChI is InChI=1S/C23H40N2O/c1-4-8-23(9-5-2)11-10-22(16-21(23)26)12-13-25(17-22)20-14-18-6-7-19(15-20)24(18)3/h18-20H,4-17H2,1-3H3/t18-,19+,20?,22?. The van der Waals surface area contributed by atoms with E-state index in [0.29, 0.717) is 11.2 Å². The van der Waals surface area contributed by atoms with Gasteiger partial charge in [-0.2, -0.15) is 0 Å². The maximum Gasteiger partial charge on any atom is 0.139 e. The van der Waals surface area contributed by atoms with Crippen LogP contribution in [0.4, 0.5) is 0 Å². The fraction of sp³-hybridized carbons (Fsp3) is 0.957. The average Bonchev–Trinajstić information content (AvgIpc) is 3.09. The van der Waals surface area contributed by atoms with Crippen molar-refractivity contribution >= 4 is 5.78 Å². The molecule has 3 heterocycles. The lowest BCUT2D eigenvalue weighted by Gasteiger charge is -2.45. The van der Waals surface area contributed by atoms with Gasteiger partial charge in [0.15, 0.2) is 0 Å². The van der Waals surface area contributed by atoms with E-state index in [1.165, 1.54) is 58.0 Å². The molecule has 0 amide bonds. The number of fused-ring (bicyclic) bond motifs is 2. The summed E-state index contributed by atoms with van der Waals surface area (Å²) in [5.41, 5.74) is 0.360. The highest BCUT2D eigenvalue weighted by atomic mass is 16.1. The molecule has 148 valence electrons. The number of hydrogen-bond acceptors (Lipinski definition) is 3. The SMILES string of the molecule is CCCC1(CCC)CCC2(CCN(C3C[C@H]4CC[C@@H](C3)N4C)C2)CC1=O. The molecule has 1 spiro atoms. The first-order chi connectivity index (χ1) is 12.5. The molecule has 2 bridgehead atoms. The molecule has 4 fully saturated rings. The van der Waals surface area contributed by atoms with Crippen LogP contribution in [-0.2, 0) is 4.79 Å². The second-order valence-electron chi connectivity index (χ2n) is 10.3. The van der Waals surface area contributed by atoms with Crippen LogP contribution in [0.5, 0.6) is 0 Å². The Kier molecular flexibility index (Phi) is 5.24. The third-order valence-electron chi connectivity index (χ3n) is 8.78. The molecule has 2 unspecified atom stereocenters. The molecular formula is C23H40N2O. The summed E-state index contributed by atoms with van der Waals surface area (Å²) < 4.78 is 0. The van der Waals surface area contributed by atoms with Crippen molar-refractivity contribution in [3.63, 3.8) is 0 Å². The number of Topliss-reactive ketones (excluding diaryl/α,β-unsaturated/α-hetero) is 1. The Balaban J connectivity index is 1.40. The number of nitrogens with zero attached hydrogens (tertiary/aromatic N) is 2. The van der Waals surface area contributed by atoms with Crippen molar-refractivity contribution in [1.82, 2.24) is 9.80 Å². The van der Waals surface area contributed by atoms with Crippen LogP contribution in [-0.4, -0.2) is 53.8 Å². The molecule has 26 heavy (non-hydrogen) atoms. The summed E-state index contributed by atoms with van der Waals surface area (Å²) in [5.74, 6) is 0.623. The van der Waals surface area contributed by atoms with E-state index >= 15 is 0 Å². The zero-order valence-corrected chi connectivity index (χ0v) is 17.4. The van der Waals surface area contributed by atoms with Crippen LogP contribution in [0.3, 0.4) is 0 Å². The van der Waals surface area contributed by atoms with Crippen molar-refractivity contribution in [2.45, 2.75) is 109 Å². The third-order valence-corrected chi connectivity index (χ3v) is 8.78. The van der Waals surface area contributed by atoms with E-state index in [1.807, 2.05) is 0 Å². The smallest absolute Gasteiger partial charge is 0.139 e. The molecule has 0 radical (unpaired) electrons. The van der Waals surface area contributed by atoms with E-state index < -0.39 is 0 Å². The van der Waals surface area contributed by atoms with Gasteiger partial charge in [0.2, 0.25) is 0 Å². The Hall–Kier alpha value is -0.410. The Bertz CT molecular complexity index is 512. The first-order valence-corrected chi connectivity index (χ1v) is 11.5. The highest BCUT2D eigenvalue weighted by Crippen LogP contribution is 2.52. The lowest BCUT2D eigenvalue weighted by molar-refractivity contribution is -0.137. The molecule has 0 aromatic rings. The molecule has 0 aromatic heterocycles. The predicted octanol–water partition coefficient (Wildman–Crippen LogP) is 4.64. The molecule has 1 saturated carbocycles. The number of rotatable bonds is 5. The molecule has 4 atom stereocenters. The van der Waals surface area contributed by atoms with E-state index in [1.54, 1.807) is 0 Å². The van der Waals surface area contributed by atoms with E-state index in [2.05, 4.69) is 30.7 Å². The molecule has 3 nitrogen and oxygen atoms in total. The number of hydrogen-bond donors (Lipinski definition) is 0. The first kappa shape index (κ1) is 18.9. The highest BCUT2D eigenvalue weighted by Gasteiger charge is 2.51. The Morgan fingerprint density at radius 2 is 1.62 bits per heavy atom. The van der Waals surface area contributed by atoms with Crippen molar-refractivity contribution < 1.29 is 4.79 Å². The minimum absolute atomic E-state index is 0.0365. The highest BCUT2D eigenvalue weighted by molar-refractivity contribution is 5.86. The maximum absolute atomic E-state index is 13.3. The molecule has 3 saturated heterocycles. The van der Waals surface area contributed by atoms with Gasteiger partial charge >= 0.3 is 0 Å². The van der Waals surface area contributed by atoms with Crippen LogP contribution in [0.25, 0.3) is 0 Å². The summed E-state index contributed by atoms with van der Waals surface area (Å²) in [5, 5.41) is 0. The molecule has 3 aliphatic heterocycles. The summed E-state index contributed by atoms with van der Waals surface area (Å²) >= 11 is 0. The van der Waals surface area contributed by atoms with Crippen molar-refractivity contribution in [3.05, 3.63) is 0 Å². The summed E-state index contributed by atoms with van der Waals surface area (Å²) in [6.07, 6.45) is 14.7. The minimum atomic E-state index is 0.0365. The quantitative estimate of drug-likeness (QED) is 0.713. The van der Waals surface area contributed by atoms with Gasteiger partial charge in [0.25, 0.3) is 0 Å². The van der Waals surface area contributed by atoms with Gasteiger partial charge in [0.1, 0.15) is 5.78 Å². The van der Waals surface area contributed by atoms with Crippen LogP contribution in [0, 0.1) is 10.8 Å². The van der Waals surface area contributed by atoms with Gasteiger partial charge in [0, 0.05) is 36.5 Å². The Morgan fingerprint density at radius 3 is 2.19 bits per heavy atom. The van der Waals surface area contributed by atoms with E-state index in [-0.39, 0.29) is 5.41 Å². The number of carbonyl (C=O) groups excluding carboxylic acids is 1. The summed E-state index contributed by atoms with van der Waals surface area (Å²) in [7, 11) is 2.34. The summed E-state index contributed by atoms with van der Waals surface area (Å²) in [6, 6.07) is 2.44. The van der Waals surface area contributed by atoms with Crippen LogP contribution in [0.15, 0.2) is 0 Å². The van der Waals surface area contributed by atoms with Gasteiger partial charge in [-0.15, -0.1) is 0 Å². The Labute approximate surface area is 160 Å². The predicted molar refractivity (Wildman–Crippen MR) is 107 cm³/mol. The molecule has 4 aliphatic rings.